The Balaban J connectivity index is 2.65. The number of H-pyrrole nitrogens is 1. The molecule has 0 aliphatic rings. The van der Waals surface area contributed by atoms with E-state index in [1.165, 1.54) is 10.6 Å². The first kappa shape index (κ1) is 14.0. The summed E-state index contributed by atoms with van der Waals surface area (Å²) in [6, 6.07) is 3.34. The number of aromatic nitrogens is 3. The topological polar surface area (TPSA) is 53.8 Å². The maximum Gasteiger partial charge on any atom is 0.417 e. The fourth-order valence-corrected chi connectivity index (χ4v) is 2.05. The predicted octanol–water partition coefficient (Wildman–Crippen LogP) is 3.09. The molecule has 0 bridgehead atoms. The second-order valence-electron chi connectivity index (χ2n) is 3.60. The van der Waals surface area contributed by atoms with Crippen LogP contribution in [0.25, 0.3) is 5.69 Å². The zero-order valence-electron chi connectivity index (χ0n) is 9.20. The van der Waals surface area contributed by atoms with E-state index in [1.54, 1.807) is 0 Å². The lowest BCUT2D eigenvalue weighted by Crippen LogP contribution is -2.08. The zero-order valence-corrected chi connectivity index (χ0v) is 10.8. The first-order valence-electron chi connectivity index (χ1n) is 4.99. The van der Waals surface area contributed by atoms with Gasteiger partial charge in [-0.3, -0.25) is 9.67 Å². The Labute approximate surface area is 115 Å². The number of hydrogen-bond donors (Lipinski definition) is 2. The Morgan fingerprint density at radius 3 is 2.68 bits per heavy atom. The summed E-state index contributed by atoms with van der Waals surface area (Å²) in [4.78, 5) is 0. The number of benzene rings is 1. The molecule has 0 radical (unpaired) electrons. The third-order valence-corrected chi connectivity index (χ3v) is 3.00. The van der Waals surface area contributed by atoms with Gasteiger partial charge in [-0.25, -0.2) is 0 Å². The molecule has 0 saturated carbocycles. The van der Waals surface area contributed by atoms with Gasteiger partial charge in [0.1, 0.15) is 6.61 Å². The molecular weight excluding hydrogens is 303 g/mol. The van der Waals surface area contributed by atoms with E-state index in [2.05, 4.69) is 10.2 Å². The quantitative estimate of drug-likeness (QED) is 0.838. The van der Waals surface area contributed by atoms with Gasteiger partial charge in [0.25, 0.3) is 0 Å². The molecule has 2 rings (SSSR count). The van der Waals surface area contributed by atoms with E-state index in [-0.39, 0.29) is 16.3 Å². The normalized spacial score (nSPS) is 11.8. The number of hydrogen-bond acceptors (Lipinski definition) is 3. The number of aliphatic hydroxyl groups excluding tert-OH is 1. The van der Waals surface area contributed by atoms with Gasteiger partial charge in [0.05, 0.1) is 16.3 Å². The van der Waals surface area contributed by atoms with Crippen LogP contribution in [-0.2, 0) is 12.8 Å². The summed E-state index contributed by atoms with van der Waals surface area (Å²) in [5, 5.41) is 14.8. The van der Waals surface area contributed by atoms with Gasteiger partial charge in [-0.05, 0) is 30.4 Å². The fraction of sp³-hybridized carbons (Fsp3) is 0.200. The number of aliphatic hydroxyl groups is 1. The number of rotatable bonds is 2. The van der Waals surface area contributed by atoms with E-state index in [0.29, 0.717) is 0 Å². The molecule has 0 saturated heterocycles. The van der Waals surface area contributed by atoms with Crippen LogP contribution in [0.5, 0.6) is 0 Å². The monoisotopic (exact) mass is 309 g/mol. The van der Waals surface area contributed by atoms with Crippen molar-refractivity contribution >= 4 is 23.8 Å². The van der Waals surface area contributed by atoms with Crippen LogP contribution in [0, 0.1) is 4.77 Å². The minimum absolute atomic E-state index is 0.0829. The molecule has 1 aromatic carbocycles. The first-order valence-corrected chi connectivity index (χ1v) is 5.77. The maximum atomic E-state index is 12.8. The van der Waals surface area contributed by atoms with Crippen LogP contribution in [0.15, 0.2) is 18.2 Å². The molecular formula is C10H7ClF3N3OS. The zero-order chi connectivity index (χ0) is 14.2. The molecule has 0 amide bonds. The Kier molecular flexibility index (Phi) is 3.66. The standard InChI is InChI=1S/C10H7ClF3N3OS/c11-7-2-1-5(3-6(7)10(12,13)14)17-8(4-18)15-16-9(17)19/h1-3,18H,4H2,(H,16,19). The summed E-state index contributed by atoms with van der Waals surface area (Å²) in [6.45, 7) is -0.461. The SMILES string of the molecule is OCc1n[nH]c(=S)n1-c1ccc(Cl)c(C(F)(F)F)c1. The Bertz CT molecular complexity index is 665. The molecule has 2 aromatic rings. The minimum Gasteiger partial charge on any atom is -0.388 e. The molecule has 4 nitrogen and oxygen atoms in total. The van der Waals surface area contributed by atoms with Gasteiger partial charge < -0.3 is 5.11 Å². The summed E-state index contributed by atoms with van der Waals surface area (Å²) in [6.07, 6.45) is -4.57. The minimum atomic E-state index is -4.57. The predicted molar refractivity (Wildman–Crippen MR) is 64.7 cm³/mol. The highest BCUT2D eigenvalue weighted by Crippen LogP contribution is 2.35. The van der Waals surface area contributed by atoms with Crippen LogP contribution in [0.1, 0.15) is 11.4 Å². The van der Waals surface area contributed by atoms with Crippen LogP contribution in [0.4, 0.5) is 13.2 Å². The summed E-state index contributed by atoms with van der Waals surface area (Å²) in [7, 11) is 0. The number of halogens is 4. The van der Waals surface area contributed by atoms with E-state index in [9.17, 15) is 13.2 Å². The average molecular weight is 310 g/mol. The van der Waals surface area contributed by atoms with E-state index in [1.807, 2.05) is 0 Å². The molecule has 9 heteroatoms. The highest BCUT2D eigenvalue weighted by molar-refractivity contribution is 7.71. The smallest absolute Gasteiger partial charge is 0.388 e. The lowest BCUT2D eigenvalue weighted by atomic mass is 10.2. The highest BCUT2D eigenvalue weighted by Gasteiger charge is 2.33. The second-order valence-corrected chi connectivity index (χ2v) is 4.39. The number of nitrogens with one attached hydrogen (secondary N) is 1. The van der Waals surface area contributed by atoms with Crippen molar-refractivity contribution in [1.29, 1.82) is 0 Å². The fourth-order valence-electron chi connectivity index (χ4n) is 1.57. The molecule has 0 aliphatic heterocycles. The van der Waals surface area contributed by atoms with Crippen LogP contribution in [-0.4, -0.2) is 19.9 Å². The number of alkyl halides is 3. The third kappa shape index (κ3) is 2.65. The van der Waals surface area contributed by atoms with Gasteiger partial charge in [-0.2, -0.15) is 18.3 Å². The number of aromatic amines is 1. The van der Waals surface area contributed by atoms with Crippen LogP contribution < -0.4 is 0 Å². The van der Waals surface area contributed by atoms with Gasteiger partial charge in [-0.1, -0.05) is 11.6 Å². The van der Waals surface area contributed by atoms with Gasteiger partial charge in [0.15, 0.2) is 10.6 Å². The first-order chi connectivity index (χ1) is 8.84. The van der Waals surface area contributed by atoms with Gasteiger partial charge in [0, 0.05) is 0 Å². The average Bonchev–Trinajstić information content (AvgIpc) is 2.70. The molecule has 19 heavy (non-hydrogen) atoms. The summed E-state index contributed by atoms with van der Waals surface area (Å²) in [5.41, 5.74) is -0.849. The Morgan fingerprint density at radius 2 is 2.11 bits per heavy atom. The van der Waals surface area contributed by atoms with Crippen molar-refractivity contribution in [2.75, 3.05) is 0 Å². The largest absolute Gasteiger partial charge is 0.417 e. The van der Waals surface area contributed by atoms with E-state index >= 15 is 0 Å². The second kappa shape index (κ2) is 4.95. The summed E-state index contributed by atoms with van der Waals surface area (Å²) < 4.78 is 39.6. The van der Waals surface area contributed by atoms with Gasteiger partial charge in [-0.15, -0.1) is 0 Å². The molecule has 0 unspecified atom stereocenters. The number of nitrogens with zero attached hydrogens (tertiary/aromatic N) is 2. The molecule has 0 spiro atoms. The maximum absolute atomic E-state index is 12.8. The van der Waals surface area contributed by atoms with Crippen molar-refractivity contribution in [2.24, 2.45) is 0 Å². The van der Waals surface area contributed by atoms with E-state index in [4.69, 9.17) is 28.9 Å². The van der Waals surface area contributed by atoms with Crippen LogP contribution in [0.2, 0.25) is 5.02 Å². The highest BCUT2D eigenvalue weighted by atomic mass is 35.5. The van der Waals surface area contributed by atoms with Crippen molar-refractivity contribution in [3.05, 3.63) is 39.4 Å². The van der Waals surface area contributed by atoms with Crippen molar-refractivity contribution in [2.45, 2.75) is 12.8 Å². The summed E-state index contributed by atoms with van der Waals surface area (Å²) >= 11 is 10.4. The summed E-state index contributed by atoms with van der Waals surface area (Å²) in [5.74, 6) is 0.112. The van der Waals surface area contributed by atoms with Crippen molar-refractivity contribution in [1.82, 2.24) is 14.8 Å². The Morgan fingerprint density at radius 1 is 1.42 bits per heavy atom. The molecule has 1 heterocycles. The molecule has 0 fully saturated rings. The van der Waals surface area contributed by atoms with Crippen molar-refractivity contribution in [3.63, 3.8) is 0 Å². The van der Waals surface area contributed by atoms with Crippen LogP contribution >= 0.6 is 23.8 Å². The van der Waals surface area contributed by atoms with Gasteiger partial charge >= 0.3 is 6.18 Å². The van der Waals surface area contributed by atoms with Crippen molar-refractivity contribution < 1.29 is 18.3 Å². The molecule has 2 N–H and O–H groups in total. The molecule has 0 atom stereocenters. The lowest BCUT2D eigenvalue weighted by Gasteiger charge is -2.12. The molecule has 102 valence electrons. The molecule has 0 aliphatic carbocycles. The molecule has 1 aromatic heterocycles. The van der Waals surface area contributed by atoms with Crippen molar-refractivity contribution in [3.8, 4) is 5.69 Å². The van der Waals surface area contributed by atoms with Gasteiger partial charge in [0.2, 0.25) is 0 Å². The van der Waals surface area contributed by atoms with E-state index < -0.39 is 23.4 Å². The van der Waals surface area contributed by atoms with Crippen LogP contribution in [0.3, 0.4) is 0 Å². The third-order valence-electron chi connectivity index (χ3n) is 2.40. The lowest BCUT2D eigenvalue weighted by molar-refractivity contribution is -0.137. The van der Waals surface area contributed by atoms with E-state index in [0.717, 1.165) is 12.1 Å². The Hall–Kier alpha value is -1.38.